The van der Waals surface area contributed by atoms with E-state index in [0.29, 0.717) is 52.6 Å². The predicted molar refractivity (Wildman–Crippen MR) is 176 cm³/mol. The summed E-state index contributed by atoms with van der Waals surface area (Å²) < 4.78 is 16.9. The number of halogens is 2. The zero-order valence-electron chi connectivity index (χ0n) is 24.9. The molecule has 12 heteroatoms. The Morgan fingerprint density at radius 3 is 2.52 bits per heavy atom. The van der Waals surface area contributed by atoms with Gasteiger partial charge in [0, 0.05) is 56.6 Å². The number of carbonyl (C=O) groups is 2. The third-order valence-corrected chi connectivity index (χ3v) is 9.07. The lowest BCUT2D eigenvalue weighted by atomic mass is 10.1. The van der Waals surface area contributed by atoms with Gasteiger partial charge in [-0.05, 0) is 72.1 Å². The lowest BCUT2D eigenvalue weighted by Crippen LogP contribution is -2.50. The van der Waals surface area contributed by atoms with E-state index in [0.717, 1.165) is 55.3 Å². The first kappa shape index (κ1) is 30.2. The predicted octanol–water partition coefficient (Wildman–Crippen LogP) is 5.87. The van der Waals surface area contributed by atoms with Crippen LogP contribution in [0.2, 0.25) is 10.0 Å². The molecule has 0 radical (unpaired) electrons. The standard InChI is InChI=1S/C34H31Cl2N5O5/c35-27-5-2-24(17-28(27)36)34(43)38-25-3-8-32(37-18-25)46-26-4-6-29-23(16-26)9-10-41(29)20-33(42)40-13-11-39(12-14-40)19-22-1-7-30-31(15-22)45-21-44-30/h1-8,15-18H,9-14,19-21H2,(H,38,43). The lowest BCUT2D eigenvalue weighted by Gasteiger charge is -2.35. The van der Waals surface area contributed by atoms with Gasteiger partial charge >= 0.3 is 0 Å². The maximum atomic E-state index is 13.2. The first-order valence-electron chi connectivity index (χ1n) is 15.0. The molecule has 4 aromatic rings. The Bertz CT molecular complexity index is 1780. The Kier molecular flexibility index (Phi) is 8.57. The van der Waals surface area contributed by atoms with E-state index in [1.807, 2.05) is 35.2 Å². The Hall–Kier alpha value is -4.51. The van der Waals surface area contributed by atoms with Gasteiger partial charge in [-0.3, -0.25) is 14.5 Å². The van der Waals surface area contributed by atoms with Crippen LogP contribution in [0.4, 0.5) is 11.4 Å². The molecule has 236 valence electrons. The third-order valence-electron chi connectivity index (χ3n) is 8.34. The van der Waals surface area contributed by atoms with Gasteiger partial charge in [0.15, 0.2) is 11.5 Å². The largest absolute Gasteiger partial charge is 0.454 e. The number of nitrogens with zero attached hydrogens (tertiary/aromatic N) is 4. The van der Waals surface area contributed by atoms with Crippen LogP contribution in [0.1, 0.15) is 21.5 Å². The van der Waals surface area contributed by atoms with Crippen molar-refractivity contribution in [2.75, 3.05) is 56.3 Å². The molecular formula is C34H31Cl2N5O5. The van der Waals surface area contributed by atoms with E-state index in [1.165, 1.54) is 17.8 Å². The minimum Gasteiger partial charge on any atom is -0.454 e. The summed E-state index contributed by atoms with van der Waals surface area (Å²) in [5.74, 6) is 2.47. The lowest BCUT2D eigenvalue weighted by molar-refractivity contribution is -0.131. The first-order valence-corrected chi connectivity index (χ1v) is 15.8. The first-order chi connectivity index (χ1) is 22.4. The third kappa shape index (κ3) is 6.69. The van der Waals surface area contributed by atoms with Crippen LogP contribution < -0.4 is 24.4 Å². The van der Waals surface area contributed by atoms with Crippen LogP contribution in [0.5, 0.6) is 23.1 Å². The second-order valence-electron chi connectivity index (χ2n) is 11.4. The number of hydrogen-bond donors (Lipinski definition) is 1. The summed E-state index contributed by atoms with van der Waals surface area (Å²) in [5.41, 5.74) is 4.27. The van der Waals surface area contributed by atoms with Crippen LogP contribution in [-0.2, 0) is 17.8 Å². The molecule has 2 amide bonds. The van der Waals surface area contributed by atoms with Crippen molar-refractivity contribution < 1.29 is 23.8 Å². The van der Waals surface area contributed by atoms with Gasteiger partial charge in [-0.25, -0.2) is 4.98 Å². The summed E-state index contributed by atoms with van der Waals surface area (Å²) in [5, 5.41) is 3.48. The highest BCUT2D eigenvalue weighted by Gasteiger charge is 2.27. The number of hydrogen-bond acceptors (Lipinski definition) is 8. The van der Waals surface area contributed by atoms with Gasteiger partial charge in [0.2, 0.25) is 18.6 Å². The van der Waals surface area contributed by atoms with E-state index in [1.54, 1.807) is 24.3 Å². The number of fused-ring (bicyclic) bond motifs is 2. The minimum atomic E-state index is -0.324. The van der Waals surface area contributed by atoms with Gasteiger partial charge in [-0.15, -0.1) is 0 Å². The van der Waals surface area contributed by atoms with Crippen molar-refractivity contribution in [2.24, 2.45) is 0 Å². The van der Waals surface area contributed by atoms with Crippen molar-refractivity contribution in [3.05, 3.63) is 99.7 Å². The fourth-order valence-electron chi connectivity index (χ4n) is 5.87. The Morgan fingerprint density at radius 1 is 0.870 bits per heavy atom. The van der Waals surface area contributed by atoms with Gasteiger partial charge in [0.05, 0.1) is 28.5 Å². The van der Waals surface area contributed by atoms with Crippen molar-refractivity contribution in [1.82, 2.24) is 14.8 Å². The molecule has 0 spiro atoms. The number of anilines is 2. The fraction of sp³-hybridized carbons (Fsp3) is 0.265. The van der Waals surface area contributed by atoms with Gasteiger partial charge in [0.1, 0.15) is 5.75 Å². The molecule has 46 heavy (non-hydrogen) atoms. The number of nitrogens with one attached hydrogen (secondary N) is 1. The van der Waals surface area contributed by atoms with Gasteiger partial charge in [0.25, 0.3) is 5.91 Å². The summed E-state index contributed by atoms with van der Waals surface area (Å²) in [6, 6.07) is 20.1. The molecule has 4 heterocycles. The maximum Gasteiger partial charge on any atom is 0.255 e. The molecule has 1 aromatic heterocycles. The number of rotatable bonds is 8. The Labute approximate surface area is 276 Å². The second-order valence-corrected chi connectivity index (χ2v) is 12.2. The van der Waals surface area contributed by atoms with Crippen LogP contribution in [0, 0.1) is 0 Å². The number of carbonyl (C=O) groups excluding carboxylic acids is 2. The topological polar surface area (TPSA) is 96.5 Å². The average molecular weight is 661 g/mol. The van der Waals surface area contributed by atoms with E-state index in [-0.39, 0.29) is 18.6 Å². The normalized spacial score (nSPS) is 15.5. The van der Waals surface area contributed by atoms with E-state index >= 15 is 0 Å². The molecule has 0 unspecified atom stereocenters. The summed E-state index contributed by atoms with van der Waals surface area (Å²) >= 11 is 12.0. The van der Waals surface area contributed by atoms with Crippen LogP contribution in [0.15, 0.2) is 72.9 Å². The van der Waals surface area contributed by atoms with Crippen LogP contribution in [0.3, 0.4) is 0 Å². The molecule has 1 N–H and O–H groups in total. The zero-order chi connectivity index (χ0) is 31.6. The zero-order valence-corrected chi connectivity index (χ0v) is 26.4. The molecule has 3 aliphatic rings. The molecular weight excluding hydrogens is 629 g/mol. The molecule has 10 nitrogen and oxygen atoms in total. The van der Waals surface area contributed by atoms with Gasteiger partial charge in [-0.2, -0.15) is 0 Å². The molecule has 0 saturated carbocycles. The molecule has 1 fully saturated rings. The van der Waals surface area contributed by atoms with Crippen molar-refractivity contribution in [3.8, 4) is 23.1 Å². The molecule has 0 atom stereocenters. The quantitative estimate of drug-likeness (QED) is 0.251. The molecule has 3 aromatic carbocycles. The summed E-state index contributed by atoms with van der Waals surface area (Å²) in [6.45, 7) is 5.30. The summed E-state index contributed by atoms with van der Waals surface area (Å²) in [4.78, 5) is 36.6. The van der Waals surface area contributed by atoms with E-state index in [4.69, 9.17) is 37.4 Å². The molecule has 3 aliphatic heterocycles. The monoisotopic (exact) mass is 659 g/mol. The average Bonchev–Trinajstić information content (AvgIpc) is 3.70. The number of piperazine rings is 1. The SMILES string of the molecule is O=C(Nc1ccc(Oc2ccc3c(c2)CCN3CC(=O)N2CCN(Cc3ccc4c(c3)OCO4)CC2)nc1)c1ccc(Cl)c(Cl)c1. The van der Waals surface area contributed by atoms with Crippen molar-refractivity contribution in [2.45, 2.75) is 13.0 Å². The smallest absolute Gasteiger partial charge is 0.255 e. The number of aromatic nitrogens is 1. The van der Waals surface area contributed by atoms with Crippen molar-refractivity contribution in [1.29, 1.82) is 0 Å². The highest BCUT2D eigenvalue weighted by molar-refractivity contribution is 6.42. The molecule has 1 saturated heterocycles. The highest BCUT2D eigenvalue weighted by Crippen LogP contribution is 2.34. The van der Waals surface area contributed by atoms with Crippen LogP contribution in [-0.4, -0.2) is 72.7 Å². The van der Waals surface area contributed by atoms with Crippen molar-refractivity contribution >= 4 is 46.4 Å². The molecule has 7 rings (SSSR count). The number of ether oxygens (including phenoxy) is 3. The molecule has 0 bridgehead atoms. The Balaban J connectivity index is 0.893. The number of pyridine rings is 1. The molecule has 0 aliphatic carbocycles. The van der Waals surface area contributed by atoms with E-state index in [2.05, 4.69) is 26.2 Å². The summed E-state index contributed by atoms with van der Waals surface area (Å²) in [6.07, 6.45) is 2.36. The highest BCUT2D eigenvalue weighted by atomic mass is 35.5. The summed E-state index contributed by atoms with van der Waals surface area (Å²) in [7, 11) is 0. The van der Waals surface area contributed by atoms with E-state index < -0.39 is 0 Å². The van der Waals surface area contributed by atoms with Crippen LogP contribution in [0.25, 0.3) is 0 Å². The maximum absolute atomic E-state index is 13.2. The number of benzene rings is 3. The van der Waals surface area contributed by atoms with Gasteiger partial charge in [-0.1, -0.05) is 29.3 Å². The van der Waals surface area contributed by atoms with Gasteiger partial charge < -0.3 is 29.3 Å². The Morgan fingerprint density at radius 2 is 1.72 bits per heavy atom. The van der Waals surface area contributed by atoms with Crippen molar-refractivity contribution in [3.63, 3.8) is 0 Å². The number of amides is 2. The minimum absolute atomic E-state index is 0.145. The second kappa shape index (κ2) is 13.1. The fourth-order valence-corrected chi connectivity index (χ4v) is 6.16. The van der Waals surface area contributed by atoms with Crippen LogP contribution >= 0.6 is 23.2 Å². The van der Waals surface area contributed by atoms with E-state index in [9.17, 15) is 9.59 Å².